The molecule has 0 aromatic heterocycles. The minimum absolute atomic E-state index is 0.0669. The Morgan fingerprint density at radius 1 is 1.30 bits per heavy atom. The molecule has 0 radical (unpaired) electrons. The third-order valence-corrected chi connectivity index (χ3v) is 4.34. The molecule has 0 bridgehead atoms. The van der Waals surface area contributed by atoms with Crippen LogP contribution in [0.3, 0.4) is 0 Å². The molecule has 10 heteroatoms. The maximum atomic E-state index is 12.9. The molecule has 1 atom stereocenters. The third kappa shape index (κ3) is 5.59. The summed E-state index contributed by atoms with van der Waals surface area (Å²) in [6, 6.07) is 6.41. The Morgan fingerprint density at radius 2 is 1.96 bits per heavy atom. The molecule has 1 fully saturated rings. The average molecular weight is 406 g/mol. The monoisotopic (exact) mass is 405 g/mol. The van der Waals surface area contributed by atoms with Crippen LogP contribution >= 0.6 is 11.6 Å². The van der Waals surface area contributed by atoms with Crippen molar-refractivity contribution in [2.24, 2.45) is 5.92 Å². The largest absolute Gasteiger partial charge is 0.406 e. The summed E-state index contributed by atoms with van der Waals surface area (Å²) in [5, 5.41) is 0.394. The predicted molar refractivity (Wildman–Crippen MR) is 93.2 cm³/mol. The summed E-state index contributed by atoms with van der Waals surface area (Å²) in [5.74, 6) is -2.86. The van der Waals surface area contributed by atoms with Crippen molar-refractivity contribution in [1.29, 1.82) is 0 Å². The molecule has 6 nitrogen and oxygen atoms in total. The molecule has 0 saturated carbocycles. The Kier molecular flexibility index (Phi) is 6.35. The lowest BCUT2D eigenvalue weighted by Crippen LogP contribution is -2.47. The van der Waals surface area contributed by atoms with Crippen molar-refractivity contribution in [2.45, 2.75) is 12.6 Å². The van der Waals surface area contributed by atoms with E-state index in [1.54, 1.807) is 18.2 Å². The predicted octanol–water partition coefficient (Wildman–Crippen LogP) is 2.17. The van der Waals surface area contributed by atoms with Gasteiger partial charge in [-0.15, -0.1) is 0 Å². The highest BCUT2D eigenvalue weighted by Crippen LogP contribution is 2.29. The van der Waals surface area contributed by atoms with Gasteiger partial charge in [0, 0.05) is 37.8 Å². The fourth-order valence-electron chi connectivity index (χ4n) is 2.76. The SMILES string of the molecule is CN(C)C(=O)CN(CC(F)(F)F)C(=O)[C@H]1CC(=O)N(c2cccc(Cl)c2)C1. The van der Waals surface area contributed by atoms with Crippen LogP contribution in [0.1, 0.15) is 6.42 Å². The molecule has 0 unspecified atom stereocenters. The first-order valence-electron chi connectivity index (χ1n) is 8.09. The Hall–Kier alpha value is -2.29. The minimum atomic E-state index is -4.66. The highest BCUT2D eigenvalue weighted by molar-refractivity contribution is 6.31. The lowest BCUT2D eigenvalue weighted by atomic mass is 10.1. The number of amides is 3. The maximum Gasteiger partial charge on any atom is 0.406 e. The molecule has 27 heavy (non-hydrogen) atoms. The van der Waals surface area contributed by atoms with E-state index >= 15 is 0 Å². The van der Waals surface area contributed by atoms with Crippen molar-refractivity contribution in [3.05, 3.63) is 29.3 Å². The number of likely N-dealkylation sites (N-methyl/N-ethyl adjacent to an activating group) is 1. The van der Waals surface area contributed by atoms with Crippen LogP contribution in [0.2, 0.25) is 5.02 Å². The number of carbonyl (C=O) groups excluding carboxylic acids is 3. The third-order valence-electron chi connectivity index (χ3n) is 4.10. The zero-order valence-corrected chi connectivity index (χ0v) is 15.5. The molecule has 2 rings (SSSR count). The number of hydrogen-bond donors (Lipinski definition) is 0. The van der Waals surface area contributed by atoms with E-state index in [1.807, 2.05) is 0 Å². The molecule has 1 aliphatic rings. The van der Waals surface area contributed by atoms with Gasteiger partial charge in [-0.25, -0.2) is 0 Å². The number of halogens is 4. The van der Waals surface area contributed by atoms with E-state index in [9.17, 15) is 27.6 Å². The number of rotatable bonds is 5. The van der Waals surface area contributed by atoms with E-state index in [4.69, 9.17) is 11.6 Å². The fraction of sp³-hybridized carbons (Fsp3) is 0.471. The lowest BCUT2D eigenvalue weighted by molar-refractivity contribution is -0.166. The molecule has 0 N–H and O–H groups in total. The second-order valence-corrected chi connectivity index (χ2v) is 6.92. The topological polar surface area (TPSA) is 60.9 Å². The van der Waals surface area contributed by atoms with Crippen molar-refractivity contribution in [3.8, 4) is 0 Å². The van der Waals surface area contributed by atoms with Gasteiger partial charge >= 0.3 is 6.18 Å². The molecule has 1 heterocycles. The van der Waals surface area contributed by atoms with E-state index < -0.39 is 37.0 Å². The number of hydrogen-bond acceptors (Lipinski definition) is 3. The second kappa shape index (κ2) is 8.16. The van der Waals surface area contributed by atoms with Gasteiger partial charge in [0.25, 0.3) is 0 Å². The zero-order valence-electron chi connectivity index (χ0n) is 14.8. The van der Waals surface area contributed by atoms with Gasteiger partial charge in [-0.2, -0.15) is 13.2 Å². The van der Waals surface area contributed by atoms with Crippen molar-refractivity contribution in [2.75, 3.05) is 38.6 Å². The smallest absolute Gasteiger partial charge is 0.347 e. The van der Waals surface area contributed by atoms with Gasteiger partial charge in [-0.05, 0) is 18.2 Å². The molecule has 1 aliphatic heterocycles. The van der Waals surface area contributed by atoms with Gasteiger partial charge in [0.2, 0.25) is 17.7 Å². The van der Waals surface area contributed by atoms with E-state index in [2.05, 4.69) is 0 Å². The summed E-state index contributed by atoms with van der Waals surface area (Å²) in [6.45, 7) is -2.32. The van der Waals surface area contributed by atoms with E-state index in [0.717, 1.165) is 4.90 Å². The Balaban J connectivity index is 2.17. The molecule has 0 spiro atoms. The zero-order chi connectivity index (χ0) is 20.4. The molecule has 3 amide bonds. The standard InChI is InChI=1S/C17H19ClF3N3O3/c1-22(2)15(26)9-23(10-17(19,20)21)16(27)11-6-14(25)24(8-11)13-5-3-4-12(18)7-13/h3-5,7,11H,6,8-10H2,1-2H3/t11-/m0/s1. The van der Waals surface area contributed by atoms with Crippen molar-refractivity contribution >= 4 is 35.0 Å². The first kappa shape index (κ1) is 21.0. The molecule has 1 aromatic rings. The van der Waals surface area contributed by atoms with Gasteiger partial charge < -0.3 is 14.7 Å². The average Bonchev–Trinajstić information content (AvgIpc) is 2.94. The number of anilines is 1. The maximum absolute atomic E-state index is 12.9. The van der Waals surface area contributed by atoms with Crippen LogP contribution in [0, 0.1) is 5.92 Å². The number of carbonyl (C=O) groups is 3. The summed E-state index contributed by atoms with van der Waals surface area (Å²) in [6.07, 6.45) is -4.88. The molecule has 1 aromatic carbocycles. The summed E-state index contributed by atoms with van der Waals surface area (Å²) < 4.78 is 38.6. The first-order chi connectivity index (χ1) is 12.5. The van der Waals surface area contributed by atoms with Crippen LogP contribution in [-0.4, -0.2) is 67.4 Å². The summed E-state index contributed by atoms with van der Waals surface area (Å²) in [5.41, 5.74) is 0.467. The van der Waals surface area contributed by atoms with Gasteiger partial charge in [-0.1, -0.05) is 17.7 Å². The van der Waals surface area contributed by atoms with Gasteiger partial charge in [-0.3, -0.25) is 14.4 Å². The van der Waals surface area contributed by atoms with E-state index in [-0.39, 0.29) is 18.9 Å². The Morgan fingerprint density at radius 3 is 2.52 bits per heavy atom. The minimum Gasteiger partial charge on any atom is -0.347 e. The van der Waals surface area contributed by atoms with Crippen LogP contribution in [0.25, 0.3) is 0 Å². The Bertz CT molecular complexity index is 740. The molecule has 148 valence electrons. The van der Waals surface area contributed by atoms with E-state index in [0.29, 0.717) is 15.6 Å². The van der Waals surface area contributed by atoms with Crippen LogP contribution < -0.4 is 4.90 Å². The summed E-state index contributed by atoms with van der Waals surface area (Å²) in [4.78, 5) is 39.6. The van der Waals surface area contributed by atoms with Gasteiger partial charge in [0.05, 0.1) is 5.92 Å². The van der Waals surface area contributed by atoms with Crippen molar-refractivity contribution in [3.63, 3.8) is 0 Å². The van der Waals surface area contributed by atoms with Crippen LogP contribution in [0.15, 0.2) is 24.3 Å². The van der Waals surface area contributed by atoms with E-state index in [1.165, 1.54) is 25.1 Å². The molecular formula is C17H19ClF3N3O3. The summed E-state index contributed by atoms with van der Waals surface area (Å²) in [7, 11) is 2.77. The van der Waals surface area contributed by atoms with Crippen molar-refractivity contribution < 1.29 is 27.6 Å². The molecular weight excluding hydrogens is 387 g/mol. The normalized spacial score (nSPS) is 17.2. The number of benzene rings is 1. The summed E-state index contributed by atoms with van der Waals surface area (Å²) >= 11 is 5.90. The van der Waals surface area contributed by atoms with Crippen LogP contribution in [0.4, 0.5) is 18.9 Å². The second-order valence-electron chi connectivity index (χ2n) is 6.48. The van der Waals surface area contributed by atoms with Gasteiger partial charge in [0.1, 0.15) is 13.1 Å². The lowest BCUT2D eigenvalue weighted by Gasteiger charge is -2.27. The first-order valence-corrected chi connectivity index (χ1v) is 8.47. The Labute approximate surface area is 159 Å². The van der Waals surface area contributed by atoms with Crippen LogP contribution in [0.5, 0.6) is 0 Å². The highest BCUT2D eigenvalue weighted by atomic mass is 35.5. The molecule has 1 saturated heterocycles. The van der Waals surface area contributed by atoms with Gasteiger partial charge in [0.15, 0.2) is 0 Å². The highest BCUT2D eigenvalue weighted by Gasteiger charge is 2.41. The quantitative estimate of drug-likeness (QED) is 0.754. The molecule has 0 aliphatic carbocycles. The number of nitrogens with zero attached hydrogens (tertiary/aromatic N) is 3. The fourth-order valence-corrected chi connectivity index (χ4v) is 2.94. The van der Waals surface area contributed by atoms with Crippen molar-refractivity contribution in [1.82, 2.24) is 9.80 Å². The number of alkyl halides is 3. The van der Waals surface area contributed by atoms with Crippen LogP contribution in [-0.2, 0) is 14.4 Å².